The molecule has 14 heavy (non-hydrogen) atoms. The molecule has 1 aliphatic rings. The van der Waals surface area contributed by atoms with Crippen molar-refractivity contribution in [2.75, 3.05) is 0 Å². The van der Waals surface area contributed by atoms with E-state index in [2.05, 4.69) is 20.8 Å². The molecule has 1 nitrogen and oxygen atoms in total. The third kappa shape index (κ3) is 3.27. The Morgan fingerprint density at radius 1 is 1.14 bits per heavy atom. The Hall–Kier alpha value is -0.0400. The molecule has 0 bridgehead atoms. The molecular formula is C13H27N. The summed E-state index contributed by atoms with van der Waals surface area (Å²) in [6.45, 7) is 6.84. The van der Waals surface area contributed by atoms with E-state index in [0.717, 1.165) is 11.8 Å². The van der Waals surface area contributed by atoms with Crippen molar-refractivity contribution in [3.05, 3.63) is 0 Å². The second-order valence-corrected chi connectivity index (χ2v) is 5.36. The number of nitrogens with two attached hydrogens (primary N) is 1. The van der Waals surface area contributed by atoms with E-state index in [4.69, 9.17) is 5.73 Å². The summed E-state index contributed by atoms with van der Waals surface area (Å²) in [4.78, 5) is 0. The van der Waals surface area contributed by atoms with E-state index in [1.54, 1.807) is 0 Å². The van der Waals surface area contributed by atoms with Crippen LogP contribution in [-0.4, -0.2) is 6.04 Å². The zero-order chi connectivity index (χ0) is 10.6. The van der Waals surface area contributed by atoms with Crippen LogP contribution in [-0.2, 0) is 0 Å². The molecule has 1 fully saturated rings. The average Bonchev–Trinajstić information content (AvgIpc) is 2.41. The first kappa shape index (κ1) is 12.0. The zero-order valence-corrected chi connectivity index (χ0v) is 10.1. The van der Waals surface area contributed by atoms with Gasteiger partial charge in [-0.25, -0.2) is 0 Å². The standard InChI is InChI=1S/C13H27N/c1-4-11-6-5-7-12(9-8-11)13(14)10(2)3/h10-13H,4-9,14H2,1-3H3. The van der Waals surface area contributed by atoms with Gasteiger partial charge >= 0.3 is 0 Å². The minimum absolute atomic E-state index is 0.436. The third-order valence-electron chi connectivity index (χ3n) is 4.02. The van der Waals surface area contributed by atoms with Crippen molar-refractivity contribution in [1.82, 2.24) is 0 Å². The van der Waals surface area contributed by atoms with Gasteiger partial charge in [-0.2, -0.15) is 0 Å². The fraction of sp³-hybridized carbons (Fsp3) is 1.00. The van der Waals surface area contributed by atoms with Gasteiger partial charge in [-0.15, -0.1) is 0 Å². The lowest BCUT2D eigenvalue weighted by atomic mass is 9.85. The van der Waals surface area contributed by atoms with E-state index in [0.29, 0.717) is 12.0 Å². The molecule has 0 amide bonds. The monoisotopic (exact) mass is 197 g/mol. The smallest absolute Gasteiger partial charge is 0.00903 e. The summed E-state index contributed by atoms with van der Waals surface area (Å²) in [7, 11) is 0. The molecule has 0 aliphatic heterocycles. The molecule has 84 valence electrons. The molecule has 3 atom stereocenters. The Balaban J connectivity index is 2.41. The first-order valence-corrected chi connectivity index (χ1v) is 6.40. The summed E-state index contributed by atoms with van der Waals surface area (Å²) < 4.78 is 0. The normalized spacial score (nSPS) is 31.5. The van der Waals surface area contributed by atoms with E-state index < -0.39 is 0 Å². The van der Waals surface area contributed by atoms with Crippen LogP contribution in [0.5, 0.6) is 0 Å². The highest BCUT2D eigenvalue weighted by molar-refractivity contribution is 4.79. The van der Waals surface area contributed by atoms with E-state index in [-0.39, 0.29) is 0 Å². The lowest BCUT2D eigenvalue weighted by Crippen LogP contribution is -2.34. The van der Waals surface area contributed by atoms with E-state index >= 15 is 0 Å². The van der Waals surface area contributed by atoms with Crippen LogP contribution in [0.25, 0.3) is 0 Å². The Bertz CT molecular complexity index is 153. The van der Waals surface area contributed by atoms with Crippen molar-refractivity contribution in [2.45, 2.75) is 65.3 Å². The van der Waals surface area contributed by atoms with Crippen molar-refractivity contribution >= 4 is 0 Å². The SMILES string of the molecule is CCC1CCCC(C(N)C(C)C)CC1. The maximum absolute atomic E-state index is 6.25. The second-order valence-electron chi connectivity index (χ2n) is 5.36. The van der Waals surface area contributed by atoms with E-state index in [1.807, 2.05) is 0 Å². The van der Waals surface area contributed by atoms with Crippen molar-refractivity contribution < 1.29 is 0 Å². The summed E-state index contributed by atoms with van der Waals surface area (Å²) in [5, 5.41) is 0. The number of hydrogen-bond acceptors (Lipinski definition) is 1. The summed E-state index contributed by atoms with van der Waals surface area (Å²) in [5.41, 5.74) is 6.25. The predicted molar refractivity (Wildman–Crippen MR) is 63.2 cm³/mol. The van der Waals surface area contributed by atoms with Crippen molar-refractivity contribution in [1.29, 1.82) is 0 Å². The van der Waals surface area contributed by atoms with Gasteiger partial charge in [0, 0.05) is 6.04 Å². The van der Waals surface area contributed by atoms with Crippen LogP contribution in [0.15, 0.2) is 0 Å². The highest BCUT2D eigenvalue weighted by Gasteiger charge is 2.24. The van der Waals surface area contributed by atoms with Gasteiger partial charge < -0.3 is 5.73 Å². The number of rotatable bonds is 3. The van der Waals surface area contributed by atoms with Crippen LogP contribution in [0, 0.1) is 17.8 Å². The summed E-state index contributed by atoms with van der Waals surface area (Å²) in [5.74, 6) is 2.43. The van der Waals surface area contributed by atoms with E-state index in [9.17, 15) is 0 Å². The molecule has 0 aromatic carbocycles. The fourth-order valence-electron chi connectivity index (χ4n) is 2.74. The van der Waals surface area contributed by atoms with Gasteiger partial charge in [-0.05, 0) is 30.6 Å². The Kier molecular flexibility index (Phi) is 4.94. The molecule has 0 saturated heterocycles. The van der Waals surface area contributed by atoms with Gasteiger partial charge in [0.1, 0.15) is 0 Å². The average molecular weight is 197 g/mol. The molecule has 0 aromatic rings. The Morgan fingerprint density at radius 2 is 1.86 bits per heavy atom. The lowest BCUT2D eigenvalue weighted by Gasteiger charge is -2.25. The van der Waals surface area contributed by atoms with Gasteiger partial charge in [-0.1, -0.05) is 46.5 Å². The van der Waals surface area contributed by atoms with Crippen LogP contribution >= 0.6 is 0 Å². The molecule has 2 N–H and O–H groups in total. The maximum Gasteiger partial charge on any atom is 0.00903 e. The molecule has 1 saturated carbocycles. The maximum atomic E-state index is 6.25. The first-order chi connectivity index (χ1) is 6.65. The zero-order valence-electron chi connectivity index (χ0n) is 10.1. The first-order valence-electron chi connectivity index (χ1n) is 6.40. The largest absolute Gasteiger partial charge is 0.327 e. The molecule has 0 spiro atoms. The van der Waals surface area contributed by atoms with E-state index in [1.165, 1.54) is 38.5 Å². The third-order valence-corrected chi connectivity index (χ3v) is 4.02. The van der Waals surface area contributed by atoms with Crippen LogP contribution in [0.2, 0.25) is 0 Å². The van der Waals surface area contributed by atoms with Gasteiger partial charge in [0.2, 0.25) is 0 Å². The highest BCUT2D eigenvalue weighted by atomic mass is 14.7. The summed E-state index contributed by atoms with van der Waals surface area (Å²) >= 11 is 0. The summed E-state index contributed by atoms with van der Waals surface area (Å²) in [6.07, 6.45) is 8.38. The Morgan fingerprint density at radius 3 is 2.43 bits per heavy atom. The molecule has 3 unspecified atom stereocenters. The topological polar surface area (TPSA) is 26.0 Å². The molecule has 1 heteroatoms. The van der Waals surface area contributed by atoms with Crippen molar-refractivity contribution in [2.24, 2.45) is 23.5 Å². The quantitative estimate of drug-likeness (QED) is 0.688. The lowest BCUT2D eigenvalue weighted by molar-refractivity contribution is 0.305. The van der Waals surface area contributed by atoms with Crippen molar-refractivity contribution in [3.63, 3.8) is 0 Å². The molecule has 0 aromatic heterocycles. The number of hydrogen-bond donors (Lipinski definition) is 1. The van der Waals surface area contributed by atoms with Gasteiger partial charge in [0.15, 0.2) is 0 Å². The fourth-order valence-corrected chi connectivity index (χ4v) is 2.74. The predicted octanol–water partition coefficient (Wildman–Crippen LogP) is 3.58. The van der Waals surface area contributed by atoms with Gasteiger partial charge in [0.05, 0.1) is 0 Å². The van der Waals surface area contributed by atoms with Crippen LogP contribution < -0.4 is 5.73 Å². The van der Waals surface area contributed by atoms with Crippen LogP contribution in [0.3, 0.4) is 0 Å². The van der Waals surface area contributed by atoms with Crippen LogP contribution in [0.1, 0.15) is 59.3 Å². The minimum atomic E-state index is 0.436. The molecule has 1 aliphatic carbocycles. The molecular weight excluding hydrogens is 170 g/mol. The molecule has 1 rings (SSSR count). The van der Waals surface area contributed by atoms with Gasteiger partial charge in [0.25, 0.3) is 0 Å². The van der Waals surface area contributed by atoms with Gasteiger partial charge in [-0.3, -0.25) is 0 Å². The Labute approximate surface area is 89.5 Å². The molecule has 0 heterocycles. The highest BCUT2D eigenvalue weighted by Crippen LogP contribution is 2.31. The second kappa shape index (κ2) is 5.75. The molecule has 0 radical (unpaired) electrons. The van der Waals surface area contributed by atoms with Crippen LogP contribution in [0.4, 0.5) is 0 Å². The summed E-state index contributed by atoms with van der Waals surface area (Å²) in [6, 6.07) is 0.436. The minimum Gasteiger partial charge on any atom is -0.327 e. The van der Waals surface area contributed by atoms with Crippen molar-refractivity contribution in [3.8, 4) is 0 Å².